The van der Waals surface area contributed by atoms with Gasteiger partial charge in [-0.25, -0.2) is 22.0 Å². The van der Waals surface area contributed by atoms with Crippen molar-refractivity contribution in [3.8, 4) is 0 Å². The predicted octanol–water partition coefficient (Wildman–Crippen LogP) is 5.02. The first-order valence-electron chi connectivity index (χ1n) is 5.55. The Bertz CT molecular complexity index is 646. The summed E-state index contributed by atoms with van der Waals surface area (Å²) in [5.74, 6) is -6.05. The molecule has 2 aromatic rings. The van der Waals surface area contributed by atoms with Gasteiger partial charge in [0.05, 0.1) is 5.38 Å². The lowest BCUT2D eigenvalue weighted by atomic mass is 10.0. The van der Waals surface area contributed by atoms with Crippen molar-refractivity contribution < 1.29 is 22.0 Å². The molecule has 0 fully saturated rings. The van der Waals surface area contributed by atoms with Crippen LogP contribution < -0.4 is 0 Å². The molecular weight excluding hydrogens is 299 g/mol. The van der Waals surface area contributed by atoms with E-state index in [9.17, 15) is 22.0 Å². The Balaban J connectivity index is 2.51. The maximum Gasteiger partial charge on any atom is 0.194 e. The first-order valence-corrected chi connectivity index (χ1v) is 5.99. The topological polar surface area (TPSA) is 0 Å². The molecule has 0 heterocycles. The predicted molar refractivity (Wildman–Crippen MR) is 65.1 cm³/mol. The highest BCUT2D eigenvalue weighted by Crippen LogP contribution is 2.33. The van der Waals surface area contributed by atoms with Gasteiger partial charge in [-0.1, -0.05) is 0 Å². The van der Waals surface area contributed by atoms with Crippen molar-refractivity contribution in [2.24, 2.45) is 0 Å². The van der Waals surface area contributed by atoms with E-state index >= 15 is 0 Å². The van der Waals surface area contributed by atoms with Crippen molar-refractivity contribution in [1.82, 2.24) is 0 Å². The smallest absolute Gasteiger partial charge is 0.194 e. The molecule has 0 radical (unpaired) electrons. The van der Waals surface area contributed by atoms with Crippen LogP contribution >= 0.6 is 11.6 Å². The Hall–Kier alpha value is -1.62. The zero-order chi connectivity index (χ0) is 15.0. The molecule has 2 rings (SSSR count). The zero-order valence-corrected chi connectivity index (χ0v) is 10.9. The highest BCUT2D eigenvalue weighted by Gasteiger charge is 2.21. The molecule has 1 atom stereocenters. The second kappa shape index (κ2) is 5.40. The van der Waals surface area contributed by atoms with Crippen LogP contribution in [0.25, 0.3) is 0 Å². The summed E-state index contributed by atoms with van der Waals surface area (Å²) in [5, 5.41) is -1.34. The number of hydrogen-bond donors (Lipinski definition) is 0. The molecular formula is C14H8ClF5. The summed E-state index contributed by atoms with van der Waals surface area (Å²) in [4.78, 5) is 0. The van der Waals surface area contributed by atoms with Gasteiger partial charge in [0.15, 0.2) is 17.5 Å². The van der Waals surface area contributed by atoms with Crippen LogP contribution in [0, 0.1) is 36.0 Å². The summed E-state index contributed by atoms with van der Waals surface area (Å²) in [6.07, 6.45) is 0. The third-order valence-corrected chi connectivity index (χ3v) is 3.34. The highest BCUT2D eigenvalue weighted by atomic mass is 35.5. The number of benzene rings is 2. The Morgan fingerprint density at radius 3 is 1.90 bits per heavy atom. The fourth-order valence-electron chi connectivity index (χ4n) is 1.76. The van der Waals surface area contributed by atoms with Crippen LogP contribution in [0.2, 0.25) is 0 Å². The van der Waals surface area contributed by atoms with Crippen LogP contribution in [0.4, 0.5) is 22.0 Å². The Morgan fingerprint density at radius 1 is 0.800 bits per heavy atom. The summed E-state index contributed by atoms with van der Waals surface area (Å²) in [6, 6.07) is 3.07. The highest BCUT2D eigenvalue weighted by molar-refractivity contribution is 6.22. The molecule has 0 aliphatic carbocycles. The quantitative estimate of drug-likeness (QED) is 0.415. The lowest BCUT2D eigenvalue weighted by Crippen LogP contribution is -2.02. The molecule has 6 heteroatoms. The maximum absolute atomic E-state index is 13.7. The summed E-state index contributed by atoms with van der Waals surface area (Å²) in [6.45, 7) is 1.36. The van der Waals surface area contributed by atoms with E-state index in [0.29, 0.717) is 12.1 Å². The van der Waals surface area contributed by atoms with Crippen molar-refractivity contribution in [2.75, 3.05) is 0 Å². The number of rotatable bonds is 2. The molecule has 0 aromatic heterocycles. The van der Waals surface area contributed by atoms with Crippen LogP contribution in [-0.2, 0) is 0 Å². The molecule has 0 N–H and O–H groups in total. The second-order valence-corrected chi connectivity index (χ2v) is 4.72. The fraction of sp³-hybridized carbons (Fsp3) is 0.143. The number of alkyl halides is 1. The van der Waals surface area contributed by atoms with Crippen LogP contribution in [0.1, 0.15) is 22.1 Å². The minimum Gasteiger partial charge on any atom is -0.207 e. The van der Waals surface area contributed by atoms with Crippen LogP contribution in [0.3, 0.4) is 0 Å². The summed E-state index contributed by atoms with van der Waals surface area (Å²) >= 11 is 5.90. The van der Waals surface area contributed by atoms with Gasteiger partial charge in [0, 0.05) is 5.56 Å². The summed E-state index contributed by atoms with van der Waals surface area (Å²) in [7, 11) is 0. The van der Waals surface area contributed by atoms with E-state index in [0.717, 1.165) is 12.1 Å². The number of aryl methyl sites for hydroxylation is 1. The van der Waals surface area contributed by atoms with Gasteiger partial charge in [0.2, 0.25) is 0 Å². The first-order chi connectivity index (χ1) is 9.31. The Morgan fingerprint density at radius 2 is 1.35 bits per heavy atom. The van der Waals surface area contributed by atoms with Crippen molar-refractivity contribution in [2.45, 2.75) is 12.3 Å². The van der Waals surface area contributed by atoms with Crippen molar-refractivity contribution in [3.05, 3.63) is 70.0 Å². The average Bonchev–Trinajstić information content (AvgIpc) is 2.38. The molecule has 0 amide bonds. The molecule has 0 saturated carbocycles. The minimum atomic E-state index is -1.65. The van der Waals surface area contributed by atoms with E-state index in [-0.39, 0.29) is 16.7 Å². The second-order valence-electron chi connectivity index (χ2n) is 4.28. The molecule has 0 spiro atoms. The molecule has 20 heavy (non-hydrogen) atoms. The molecule has 0 aliphatic heterocycles. The lowest BCUT2D eigenvalue weighted by molar-refractivity contribution is 0.445. The van der Waals surface area contributed by atoms with Gasteiger partial charge >= 0.3 is 0 Å². The van der Waals surface area contributed by atoms with E-state index < -0.39 is 34.5 Å². The molecule has 1 unspecified atom stereocenters. The lowest BCUT2D eigenvalue weighted by Gasteiger charge is -2.13. The first kappa shape index (κ1) is 14.8. The van der Waals surface area contributed by atoms with E-state index in [1.807, 2.05) is 0 Å². The fourth-order valence-corrected chi connectivity index (χ4v) is 2.05. The summed E-state index contributed by atoms with van der Waals surface area (Å²) in [5.41, 5.74) is -0.406. The van der Waals surface area contributed by atoms with Gasteiger partial charge in [-0.15, -0.1) is 11.6 Å². The Labute approximate surface area is 116 Å². The monoisotopic (exact) mass is 306 g/mol. The van der Waals surface area contributed by atoms with Gasteiger partial charge < -0.3 is 0 Å². The molecule has 0 nitrogen and oxygen atoms in total. The van der Waals surface area contributed by atoms with Crippen molar-refractivity contribution in [1.29, 1.82) is 0 Å². The average molecular weight is 307 g/mol. The zero-order valence-electron chi connectivity index (χ0n) is 10.2. The van der Waals surface area contributed by atoms with Crippen LogP contribution in [0.15, 0.2) is 24.3 Å². The standard InChI is InChI=1S/C14H8ClF5/c1-6-2-10(17)8(5-9(6)16)13(15)7-3-11(18)14(20)12(19)4-7/h2-5,13H,1H3. The third kappa shape index (κ3) is 2.63. The molecule has 2 aromatic carbocycles. The van der Waals surface area contributed by atoms with Crippen molar-refractivity contribution >= 4 is 11.6 Å². The van der Waals surface area contributed by atoms with Gasteiger partial charge in [0.25, 0.3) is 0 Å². The van der Waals surface area contributed by atoms with Crippen molar-refractivity contribution in [3.63, 3.8) is 0 Å². The van der Waals surface area contributed by atoms with Gasteiger partial charge in [-0.2, -0.15) is 0 Å². The normalized spacial score (nSPS) is 12.6. The number of halogens is 6. The molecule has 0 bridgehead atoms. The van der Waals surface area contributed by atoms with E-state index in [4.69, 9.17) is 11.6 Å². The minimum absolute atomic E-state index is 0.0755. The molecule has 0 saturated heterocycles. The van der Waals surface area contributed by atoms with Crippen LogP contribution in [0.5, 0.6) is 0 Å². The SMILES string of the molecule is Cc1cc(F)c(C(Cl)c2cc(F)c(F)c(F)c2)cc1F. The van der Waals surface area contributed by atoms with E-state index in [2.05, 4.69) is 0 Å². The van der Waals surface area contributed by atoms with E-state index in [1.165, 1.54) is 6.92 Å². The molecule has 106 valence electrons. The maximum atomic E-state index is 13.7. The van der Waals surface area contributed by atoms with Gasteiger partial charge in [-0.3, -0.25) is 0 Å². The molecule has 0 aliphatic rings. The van der Waals surface area contributed by atoms with Gasteiger partial charge in [0.1, 0.15) is 11.6 Å². The van der Waals surface area contributed by atoms with E-state index in [1.54, 1.807) is 0 Å². The van der Waals surface area contributed by atoms with Gasteiger partial charge in [-0.05, 0) is 42.3 Å². The Kier molecular flexibility index (Phi) is 3.99. The van der Waals surface area contributed by atoms with Crippen LogP contribution in [-0.4, -0.2) is 0 Å². The summed E-state index contributed by atoms with van der Waals surface area (Å²) < 4.78 is 66.2. The largest absolute Gasteiger partial charge is 0.207 e. The third-order valence-electron chi connectivity index (χ3n) is 2.85. The number of hydrogen-bond acceptors (Lipinski definition) is 0.